The Morgan fingerprint density at radius 1 is 0.957 bits per heavy atom. The van der Waals surface area contributed by atoms with E-state index < -0.39 is 82.2 Å². The number of nitrogens with zero attached hydrogens (tertiary/aromatic N) is 1. The van der Waals surface area contributed by atoms with Gasteiger partial charge in [-0.2, -0.15) is 0 Å². The van der Waals surface area contributed by atoms with Crippen LogP contribution in [-0.4, -0.2) is 130 Å². The normalized spacial score (nSPS) is 47.4. The summed E-state index contributed by atoms with van der Waals surface area (Å²) in [5.74, 6) is -2.10. The topological polar surface area (TPSA) is 142 Å². The van der Waals surface area contributed by atoms with Crippen molar-refractivity contribution in [3.05, 3.63) is 29.8 Å². The maximum Gasteiger partial charge on any atom is 0.338 e. The summed E-state index contributed by atoms with van der Waals surface area (Å²) in [6, 6.07) is 6.37. The van der Waals surface area contributed by atoms with E-state index in [1.54, 1.807) is 52.7 Å². The van der Waals surface area contributed by atoms with Crippen LogP contribution in [0.5, 0.6) is 5.75 Å². The Labute approximate surface area is 275 Å². The number of aliphatic hydroxyl groups is 2. The molecule has 14 atom stereocenters. The summed E-state index contributed by atoms with van der Waals surface area (Å²) in [5, 5.41) is 24.8. The maximum absolute atomic E-state index is 13.9. The number of benzene rings is 1. The second kappa shape index (κ2) is 11.4. The van der Waals surface area contributed by atoms with Gasteiger partial charge in [-0.15, -0.1) is 0 Å². The third kappa shape index (κ3) is 4.06. The van der Waals surface area contributed by atoms with E-state index in [0.717, 1.165) is 0 Å². The predicted octanol–water partition coefficient (Wildman–Crippen LogP) is 1.69. The highest BCUT2D eigenvalue weighted by Gasteiger charge is 2.90. The lowest BCUT2D eigenvalue weighted by atomic mass is 9.42. The van der Waals surface area contributed by atoms with Crippen LogP contribution in [0.3, 0.4) is 0 Å². The number of fused-ring (bicyclic) bond motifs is 2. The van der Waals surface area contributed by atoms with Crippen molar-refractivity contribution in [3.63, 3.8) is 0 Å². The molecule has 6 fully saturated rings. The number of piperidine rings is 1. The molecule has 0 unspecified atom stereocenters. The van der Waals surface area contributed by atoms with Crippen molar-refractivity contribution in [3.8, 4) is 5.75 Å². The van der Waals surface area contributed by atoms with Gasteiger partial charge in [0.05, 0.1) is 43.7 Å². The van der Waals surface area contributed by atoms with E-state index in [1.807, 2.05) is 0 Å². The van der Waals surface area contributed by atoms with Crippen molar-refractivity contribution in [2.45, 2.75) is 80.9 Å². The number of carbonyl (C=O) groups is 2. The van der Waals surface area contributed by atoms with Crippen LogP contribution >= 0.6 is 0 Å². The van der Waals surface area contributed by atoms with Gasteiger partial charge in [-0.05, 0) is 49.6 Å². The second-order valence-electron chi connectivity index (χ2n) is 14.8. The first kappa shape index (κ1) is 33.2. The molecule has 2 N–H and O–H groups in total. The highest BCUT2D eigenvalue weighted by Crippen LogP contribution is 2.80. The molecule has 1 saturated heterocycles. The van der Waals surface area contributed by atoms with Crippen LogP contribution in [0.1, 0.15) is 43.5 Å². The quantitative estimate of drug-likeness (QED) is 0.353. The number of carbonyl (C=O) groups excluding carboxylic acids is 2. The Balaban J connectivity index is 1.47. The summed E-state index contributed by atoms with van der Waals surface area (Å²) >= 11 is 0. The van der Waals surface area contributed by atoms with E-state index in [9.17, 15) is 19.8 Å². The van der Waals surface area contributed by atoms with Gasteiger partial charge in [-0.25, -0.2) is 4.79 Å². The fourth-order valence-electron chi connectivity index (χ4n) is 12.5. The number of rotatable bonds is 10. The Bertz CT molecular complexity index is 1390. The van der Waals surface area contributed by atoms with Crippen LogP contribution in [0.4, 0.5) is 0 Å². The smallest absolute Gasteiger partial charge is 0.338 e. The van der Waals surface area contributed by atoms with Crippen molar-refractivity contribution in [2.24, 2.45) is 34.5 Å². The molecule has 7 rings (SSSR count). The molecule has 12 nitrogen and oxygen atoms in total. The summed E-state index contributed by atoms with van der Waals surface area (Å²) in [6.07, 6.45) is -2.92. The lowest BCUT2D eigenvalue weighted by Crippen LogP contribution is -2.79. The lowest BCUT2D eigenvalue weighted by Gasteiger charge is -2.70. The molecule has 6 aliphatic rings. The Kier molecular flexibility index (Phi) is 8.02. The monoisotopic (exact) mass is 659 g/mol. The highest BCUT2D eigenvalue weighted by atomic mass is 16.6. The summed E-state index contributed by atoms with van der Waals surface area (Å²) < 4.78 is 43.2. The van der Waals surface area contributed by atoms with Crippen LogP contribution in [0.2, 0.25) is 0 Å². The molecule has 0 amide bonds. The summed E-state index contributed by atoms with van der Waals surface area (Å²) in [6.45, 7) is 5.28. The number of hydrogen-bond donors (Lipinski definition) is 2. The number of ether oxygens (including phenoxy) is 7. The van der Waals surface area contributed by atoms with Gasteiger partial charge in [0.25, 0.3) is 0 Å². The summed E-state index contributed by atoms with van der Waals surface area (Å²) in [5.41, 5.74) is -3.81. The number of methoxy groups -OCH3 is 5. The van der Waals surface area contributed by atoms with E-state index in [2.05, 4.69) is 11.8 Å². The average Bonchev–Trinajstić information content (AvgIpc) is 3.42. The molecule has 260 valence electrons. The van der Waals surface area contributed by atoms with Crippen LogP contribution in [0.15, 0.2) is 24.3 Å². The molecule has 1 heterocycles. The maximum atomic E-state index is 13.9. The molecule has 5 saturated carbocycles. The minimum Gasteiger partial charge on any atom is -0.497 e. The minimum absolute atomic E-state index is 0.171. The third-order valence-corrected chi connectivity index (χ3v) is 13.3. The summed E-state index contributed by atoms with van der Waals surface area (Å²) in [4.78, 5) is 29.6. The van der Waals surface area contributed by atoms with Crippen LogP contribution < -0.4 is 4.74 Å². The Morgan fingerprint density at radius 2 is 1.68 bits per heavy atom. The third-order valence-electron chi connectivity index (χ3n) is 13.3. The number of esters is 2. The molecule has 1 spiro atoms. The van der Waals surface area contributed by atoms with E-state index >= 15 is 0 Å². The Morgan fingerprint density at radius 3 is 2.26 bits per heavy atom. The minimum atomic E-state index is -1.60. The van der Waals surface area contributed by atoms with Gasteiger partial charge in [0.15, 0.2) is 0 Å². The van der Waals surface area contributed by atoms with Gasteiger partial charge in [-0.1, -0.05) is 6.92 Å². The Hall–Kier alpha value is -2.32. The molecule has 1 aromatic carbocycles. The molecule has 1 aromatic rings. The molecule has 0 aromatic heterocycles. The van der Waals surface area contributed by atoms with Crippen molar-refractivity contribution < 1.29 is 53.0 Å². The average molecular weight is 660 g/mol. The van der Waals surface area contributed by atoms with E-state index in [1.165, 1.54) is 14.0 Å². The van der Waals surface area contributed by atoms with E-state index in [-0.39, 0.29) is 24.8 Å². The van der Waals surface area contributed by atoms with Gasteiger partial charge in [0.1, 0.15) is 23.1 Å². The van der Waals surface area contributed by atoms with Gasteiger partial charge in [-0.3, -0.25) is 9.69 Å². The first-order chi connectivity index (χ1) is 22.5. The van der Waals surface area contributed by atoms with E-state index in [0.29, 0.717) is 37.4 Å². The van der Waals surface area contributed by atoms with Crippen molar-refractivity contribution in [1.29, 1.82) is 0 Å². The zero-order valence-electron chi connectivity index (χ0n) is 28.3. The van der Waals surface area contributed by atoms with Gasteiger partial charge < -0.3 is 43.4 Å². The summed E-state index contributed by atoms with van der Waals surface area (Å²) in [7, 11) is 8.10. The number of hydrogen-bond acceptors (Lipinski definition) is 12. The van der Waals surface area contributed by atoms with Crippen molar-refractivity contribution in [2.75, 3.05) is 55.2 Å². The van der Waals surface area contributed by atoms with Gasteiger partial charge in [0, 0.05) is 83.0 Å². The lowest BCUT2D eigenvalue weighted by molar-refractivity contribution is -0.301. The van der Waals surface area contributed by atoms with Crippen LogP contribution in [0, 0.1) is 34.5 Å². The molecule has 7 bridgehead atoms. The molecule has 5 aliphatic carbocycles. The van der Waals surface area contributed by atoms with Crippen LogP contribution in [0.25, 0.3) is 0 Å². The molecular formula is C35H49NO11. The predicted molar refractivity (Wildman–Crippen MR) is 166 cm³/mol. The second-order valence-corrected chi connectivity index (χ2v) is 14.8. The molecule has 47 heavy (non-hydrogen) atoms. The zero-order valence-corrected chi connectivity index (χ0v) is 28.3. The zero-order chi connectivity index (χ0) is 33.7. The number of aliphatic hydroxyl groups excluding tert-OH is 1. The highest BCUT2D eigenvalue weighted by molar-refractivity contribution is 5.89. The first-order valence-electron chi connectivity index (χ1n) is 16.7. The SMILES string of the molecule is CCN1C[C@]2(COC)C[C@H](O)[C@H](OC)[C@@]34[C@@H]5C[C@]6(O)[C@@H](OC)C[C@@](OC(C)=O)([C@H]5[C@H]6OC(=O)c5ccc(OC)cc5)[C@@H]([C@H](OC)[C@H]23)[C@@H]14. The van der Waals surface area contributed by atoms with Crippen LogP contribution in [-0.2, 0) is 33.2 Å². The first-order valence-corrected chi connectivity index (χ1v) is 16.7. The van der Waals surface area contributed by atoms with Crippen molar-refractivity contribution >= 4 is 11.9 Å². The molecule has 0 radical (unpaired) electrons. The van der Waals surface area contributed by atoms with Gasteiger partial charge >= 0.3 is 11.9 Å². The number of likely N-dealkylation sites (tertiary alicyclic amines) is 1. The van der Waals surface area contributed by atoms with Gasteiger partial charge in [0.2, 0.25) is 0 Å². The standard InChI is InChI=1S/C35H49NO11/c1-8-36-16-32(17-41-3)14-22(38)29(45-7)35-21-13-33(40)23(43-5)15-34(47-18(2)37,25(28(35)36)26(44-6)27(32)35)24(21)30(33)46-31(39)19-9-11-20(42-4)12-10-19/h9-12,21-30,38,40H,8,13-17H2,1-7H3/t21-,22+,23+,24-,25+,26+,27-,28-,29+,30-,32+,33+,34-,35+/m1/s1. The van der Waals surface area contributed by atoms with Crippen molar-refractivity contribution in [1.82, 2.24) is 4.90 Å². The largest absolute Gasteiger partial charge is 0.497 e. The molecule has 1 aliphatic heterocycles. The molecular weight excluding hydrogens is 610 g/mol. The fraction of sp³-hybridized carbons (Fsp3) is 0.771. The fourth-order valence-corrected chi connectivity index (χ4v) is 12.5. The van der Waals surface area contributed by atoms with E-state index in [4.69, 9.17) is 33.2 Å². The molecule has 12 heteroatoms.